The lowest BCUT2D eigenvalue weighted by Gasteiger charge is -2.10. The molecule has 0 radical (unpaired) electrons. The highest BCUT2D eigenvalue weighted by molar-refractivity contribution is 5.37. The van der Waals surface area contributed by atoms with Crippen LogP contribution in [0.2, 0.25) is 0 Å². The molecule has 1 N–H and O–H groups in total. The van der Waals surface area contributed by atoms with Gasteiger partial charge in [-0.05, 0) is 12.3 Å². The fraction of sp³-hybridized carbons (Fsp3) is 0.700. The Kier molecular flexibility index (Phi) is 3.80. The van der Waals surface area contributed by atoms with E-state index in [0.717, 1.165) is 18.2 Å². The molecule has 1 heterocycles. The smallest absolute Gasteiger partial charge is 0.0726 e. The largest absolute Gasteiger partial charge is 0.382 e. The average Bonchev–Trinajstić information content (AvgIpc) is 2.49. The summed E-state index contributed by atoms with van der Waals surface area (Å²) in [6.07, 6.45) is 6.40. The van der Waals surface area contributed by atoms with Gasteiger partial charge >= 0.3 is 0 Å². The minimum absolute atomic E-state index is 0.741. The number of aromatic nitrogens is 2. The Morgan fingerprint density at radius 1 is 1.62 bits per heavy atom. The highest BCUT2D eigenvalue weighted by atomic mass is 15.3. The average molecular weight is 181 g/mol. The first kappa shape index (κ1) is 10.1. The zero-order chi connectivity index (χ0) is 9.68. The minimum Gasteiger partial charge on any atom is -0.382 e. The number of anilines is 1. The summed E-state index contributed by atoms with van der Waals surface area (Å²) < 4.78 is 1.81. The second-order valence-corrected chi connectivity index (χ2v) is 3.68. The van der Waals surface area contributed by atoms with Crippen molar-refractivity contribution in [2.75, 3.05) is 11.9 Å². The summed E-state index contributed by atoms with van der Waals surface area (Å²) in [6.45, 7) is 5.53. The molecule has 0 saturated carbocycles. The summed E-state index contributed by atoms with van der Waals surface area (Å²) in [6, 6.07) is 0. The van der Waals surface area contributed by atoms with Crippen molar-refractivity contribution in [2.45, 2.75) is 26.7 Å². The Labute approximate surface area is 80.1 Å². The van der Waals surface area contributed by atoms with Crippen LogP contribution in [0.5, 0.6) is 0 Å². The van der Waals surface area contributed by atoms with Crippen LogP contribution >= 0.6 is 0 Å². The van der Waals surface area contributed by atoms with Crippen molar-refractivity contribution in [3.8, 4) is 0 Å². The van der Waals surface area contributed by atoms with Crippen molar-refractivity contribution >= 4 is 5.69 Å². The van der Waals surface area contributed by atoms with Crippen LogP contribution < -0.4 is 5.32 Å². The topological polar surface area (TPSA) is 29.9 Å². The van der Waals surface area contributed by atoms with Gasteiger partial charge in [0.1, 0.15) is 0 Å². The lowest BCUT2D eigenvalue weighted by atomic mass is 10.1. The van der Waals surface area contributed by atoms with E-state index in [4.69, 9.17) is 0 Å². The van der Waals surface area contributed by atoms with Gasteiger partial charge in [0.15, 0.2) is 0 Å². The van der Waals surface area contributed by atoms with Gasteiger partial charge in [0.05, 0.1) is 11.9 Å². The third-order valence-electron chi connectivity index (χ3n) is 2.14. The molecule has 13 heavy (non-hydrogen) atoms. The summed E-state index contributed by atoms with van der Waals surface area (Å²) in [5, 5.41) is 7.46. The van der Waals surface area contributed by atoms with E-state index in [1.54, 1.807) is 0 Å². The van der Waals surface area contributed by atoms with Crippen LogP contribution in [-0.4, -0.2) is 16.3 Å². The molecule has 0 saturated heterocycles. The molecule has 0 unspecified atom stereocenters. The zero-order valence-electron chi connectivity index (χ0n) is 8.75. The van der Waals surface area contributed by atoms with Crippen LogP contribution in [0.15, 0.2) is 12.4 Å². The maximum atomic E-state index is 4.09. The monoisotopic (exact) mass is 181 g/mol. The van der Waals surface area contributed by atoms with Gasteiger partial charge in [0, 0.05) is 19.8 Å². The van der Waals surface area contributed by atoms with Gasteiger partial charge < -0.3 is 5.32 Å². The third-order valence-corrected chi connectivity index (χ3v) is 2.14. The first-order chi connectivity index (χ1) is 6.22. The van der Waals surface area contributed by atoms with E-state index in [1.165, 1.54) is 12.8 Å². The van der Waals surface area contributed by atoms with E-state index in [9.17, 15) is 0 Å². The van der Waals surface area contributed by atoms with Gasteiger partial charge in [-0.15, -0.1) is 0 Å². The van der Waals surface area contributed by atoms with Crippen molar-refractivity contribution in [3.05, 3.63) is 12.4 Å². The summed E-state index contributed by atoms with van der Waals surface area (Å²) in [4.78, 5) is 0. The summed E-state index contributed by atoms with van der Waals surface area (Å²) >= 11 is 0. The lowest BCUT2D eigenvalue weighted by molar-refractivity contribution is 0.551. The van der Waals surface area contributed by atoms with E-state index in [-0.39, 0.29) is 0 Å². The van der Waals surface area contributed by atoms with Crippen molar-refractivity contribution in [1.82, 2.24) is 9.78 Å². The van der Waals surface area contributed by atoms with Crippen molar-refractivity contribution in [2.24, 2.45) is 13.0 Å². The number of nitrogens with zero attached hydrogens (tertiary/aromatic N) is 2. The number of hydrogen-bond acceptors (Lipinski definition) is 2. The normalized spacial score (nSPS) is 12.8. The summed E-state index contributed by atoms with van der Waals surface area (Å²) in [5.41, 5.74) is 1.12. The predicted octanol–water partition coefficient (Wildman–Crippen LogP) is 2.27. The number of aryl methyl sites for hydroxylation is 1. The van der Waals surface area contributed by atoms with Crippen LogP contribution in [-0.2, 0) is 7.05 Å². The molecule has 1 atom stereocenters. The Hall–Kier alpha value is -0.990. The molecule has 0 aliphatic rings. The Bertz CT molecular complexity index is 242. The Morgan fingerprint density at radius 3 is 2.92 bits per heavy atom. The summed E-state index contributed by atoms with van der Waals surface area (Å²) in [5.74, 6) is 0.741. The predicted molar refractivity (Wildman–Crippen MR) is 55.8 cm³/mol. The molecule has 74 valence electrons. The molecule has 3 heteroatoms. The van der Waals surface area contributed by atoms with Crippen molar-refractivity contribution in [1.29, 1.82) is 0 Å². The molecule has 0 fully saturated rings. The van der Waals surface area contributed by atoms with Crippen LogP contribution in [0.1, 0.15) is 26.7 Å². The highest BCUT2D eigenvalue weighted by Crippen LogP contribution is 2.08. The van der Waals surface area contributed by atoms with E-state index in [1.807, 2.05) is 24.1 Å². The van der Waals surface area contributed by atoms with Crippen molar-refractivity contribution in [3.63, 3.8) is 0 Å². The molecular formula is C10H19N3. The maximum absolute atomic E-state index is 4.09. The molecule has 0 aromatic carbocycles. The first-order valence-electron chi connectivity index (χ1n) is 4.95. The van der Waals surface area contributed by atoms with E-state index in [0.29, 0.717) is 0 Å². The van der Waals surface area contributed by atoms with Gasteiger partial charge in [-0.25, -0.2) is 0 Å². The van der Waals surface area contributed by atoms with Gasteiger partial charge in [-0.3, -0.25) is 4.68 Å². The lowest BCUT2D eigenvalue weighted by Crippen LogP contribution is -2.10. The van der Waals surface area contributed by atoms with Gasteiger partial charge in [-0.2, -0.15) is 5.10 Å². The number of hydrogen-bond donors (Lipinski definition) is 1. The van der Waals surface area contributed by atoms with Crippen molar-refractivity contribution < 1.29 is 0 Å². The fourth-order valence-corrected chi connectivity index (χ4v) is 1.40. The number of nitrogens with one attached hydrogen (secondary N) is 1. The molecular weight excluding hydrogens is 162 g/mol. The molecule has 0 bridgehead atoms. The molecule has 0 aliphatic carbocycles. The molecule has 0 spiro atoms. The van der Waals surface area contributed by atoms with Crippen LogP contribution in [0.3, 0.4) is 0 Å². The quantitative estimate of drug-likeness (QED) is 0.755. The highest BCUT2D eigenvalue weighted by Gasteiger charge is 2.00. The second-order valence-electron chi connectivity index (χ2n) is 3.68. The Morgan fingerprint density at radius 2 is 2.38 bits per heavy atom. The van der Waals surface area contributed by atoms with Gasteiger partial charge in [-0.1, -0.05) is 20.3 Å². The maximum Gasteiger partial charge on any atom is 0.0726 e. The molecule has 1 aromatic heterocycles. The van der Waals surface area contributed by atoms with E-state index < -0.39 is 0 Å². The molecule has 1 aromatic rings. The molecule has 0 aliphatic heterocycles. The van der Waals surface area contributed by atoms with Crippen LogP contribution in [0, 0.1) is 5.92 Å². The first-order valence-corrected chi connectivity index (χ1v) is 4.95. The molecule has 3 nitrogen and oxygen atoms in total. The fourth-order valence-electron chi connectivity index (χ4n) is 1.40. The van der Waals surface area contributed by atoms with Crippen LogP contribution in [0.25, 0.3) is 0 Å². The second kappa shape index (κ2) is 4.90. The van der Waals surface area contributed by atoms with Crippen LogP contribution in [0.4, 0.5) is 5.69 Å². The SMILES string of the molecule is CCC[C@@H](C)CNc1cnn(C)c1. The van der Waals surface area contributed by atoms with Gasteiger partial charge in [0.25, 0.3) is 0 Å². The summed E-state index contributed by atoms with van der Waals surface area (Å²) in [7, 11) is 1.93. The molecule has 1 rings (SSSR count). The van der Waals surface area contributed by atoms with Gasteiger partial charge in [0.2, 0.25) is 0 Å². The standard InChI is InChI=1S/C10H19N3/c1-4-5-9(2)6-11-10-7-12-13(3)8-10/h7-9,11H,4-6H2,1-3H3/t9-/m1/s1. The van der Waals surface area contributed by atoms with E-state index in [2.05, 4.69) is 24.3 Å². The Balaban J connectivity index is 2.26. The zero-order valence-corrected chi connectivity index (χ0v) is 8.75. The third kappa shape index (κ3) is 3.49. The molecule has 0 amide bonds. The minimum atomic E-state index is 0.741. The van der Waals surface area contributed by atoms with E-state index >= 15 is 0 Å². The number of rotatable bonds is 5.